The molecule has 1 heterocycles. The summed E-state index contributed by atoms with van der Waals surface area (Å²) in [5.74, 6) is -0.491. The third kappa shape index (κ3) is 2.82. The van der Waals surface area contributed by atoms with Crippen molar-refractivity contribution in [2.75, 3.05) is 19.6 Å². The number of carbonyl (C=O) groups is 1. The molecule has 3 nitrogen and oxygen atoms in total. The summed E-state index contributed by atoms with van der Waals surface area (Å²) in [4.78, 5) is 13.9. The van der Waals surface area contributed by atoms with Gasteiger partial charge in [-0.2, -0.15) is 0 Å². The number of nitrogens with zero attached hydrogens (tertiary/aromatic N) is 1. The molecule has 0 unspecified atom stereocenters. The summed E-state index contributed by atoms with van der Waals surface area (Å²) in [6.45, 7) is 4.19. The first-order chi connectivity index (χ1) is 8.59. The number of hydrogen-bond donors (Lipinski definition) is 1. The van der Waals surface area contributed by atoms with Gasteiger partial charge in [0.1, 0.15) is 5.82 Å². The molecule has 1 aliphatic heterocycles. The molecule has 1 aliphatic rings. The average molecular weight is 271 g/mol. The monoisotopic (exact) mass is 270 g/mol. The Labute approximate surface area is 111 Å². The second kappa shape index (κ2) is 5.67. The van der Waals surface area contributed by atoms with Gasteiger partial charge in [0.2, 0.25) is 5.91 Å². The Hall–Kier alpha value is -1.13. The highest BCUT2D eigenvalue weighted by atomic mass is 35.5. The van der Waals surface area contributed by atoms with Crippen molar-refractivity contribution in [3.63, 3.8) is 0 Å². The lowest BCUT2D eigenvalue weighted by molar-refractivity contribution is -0.133. The lowest BCUT2D eigenvalue weighted by Crippen LogP contribution is -2.52. The fourth-order valence-corrected chi connectivity index (χ4v) is 2.40. The molecule has 0 aliphatic carbocycles. The van der Waals surface area contributed by atoms with E-state index in [1.165, 1.54) is 6.07 Å². The second-order valence-electron chi connectivity index (χ2n) is 4.52. The fraction of sp³-hybridized carbons (Fsp3) is 0.462. The summed E-state index contributed by atoms with van der Waals surface area (Å²) in [7, 11) is 0. The van der Waals surface area contributed by atoms with Crippen molar-refractivity contribution in [3.05, 3.63) is 34.6 Å². The highest BCUT2D eigenvalue weighted by molar-refractivity contribution is 6.31. The predicted molar refractivity (Wildman–Crippen MR) is 69.2 cm³/mol. The first-order valence-corrected chi connectivity index (χ1v) is 6.40. The molecule has 1 aromatic carbocycles. The number of carbonyl (C=O) groups excluding carboxylic acids is 1. The van der Waals surface area contributed by atoms with Crippen LogP contribution in [0.2, 0.25) is 5.02 Å². The molecular weight excluding hydrogens is 255 g/mol. The maximum Gasteiger partial charge on any atom is 0.227 e. The fourth-order valence-electron chi connectivity index (χ4n) is 2.17. The van der Waals surface area contributed by atoms with Gasteiger partial charge in [0.05, 0.1) is 6.42 Å². The van der Waals surface area contributed by atoms with Gasteiger partial charge in [0.25, 0.3) is 0 Å². The topological polar surface area (TPSA) is 32.3 Å². The summed E-state index contributed by atoms with van der Waals surface area (Å²) < 4.78 is 13.6. The van der Waals surface area contributed by atoms with Gasteiger partial charge in [-0.15, -0.1) is 0 Å². The lowest BCUT2D eigenvalue weighted by Gasteiger charge is -2.34. The molecule has 0 bridgehead atoms. The number of piperazine rings is 1. The van der Waals surface area contributed by atoms with Crippen LogP contribution in [0.1, 0.15) is 12.5 Å². The van der Waals surface area contributed by atoms with Crippen LogP contribution in [0.4, 0.5) is 4.39 Å². The number of benzene rings is 1. The molecule has 1 N–H and O–H groups in total. The van der Waals surface area contributed by atoms with Gasteiger partial charge < -0.3 is 10.2 Å². The highest BCUT2D eigenvalue weighted by Crippen LogP contribution is 2.20. The Balaban J connectivity index is 2.11. The molecule has 1 aromatic rings. The number of halogens is 2. The van der Waals surface area contributed by atoms with Crippen molar-refractivity contribution in [1.82, 2.24) is 10.2 Å². The summed E-state index contributed by atoms with van der Waals surface area (Å²) in [6, 6.07) is 4.61. The van der Waals surface area contributed by atoms with Gasteiger partial charge >= 0.3 is 0 Å². The quantitative estimate of drug-likeness (QED) is 0.889. The summed E-state index contributed by atoms with van der Waals surface area (Å²) in [5.41, 5.74) is 0.287. The van der Waals surface area contributed by atoms with E-state index in [-0.39, 0.29) is 23.9 Å². The van der Waals surface area contributed by atoms with Crippen LogP contribution in [-0.2, 0) is 11.2 Å². The van der Waals surface area contributed by atoms with Gasteiger partial charge in [-0.1, -0.05) is 17.7 Å². The smallest absolute Gasteiger partial charge is 0.227 e. The van der Waals surface area contributed by atoms with E-state index in [0.29, 0.717) is 11.6 Å². The Morgan fingerprint density at radius 3 is 3.06 bits per heavy atom. The lowest BCUT2D eigenvalue weighted by atomic mass is 10.1. The van der Waals surface area contributed by atoms with Crippen molar-refractivity contribution in [2.24, 2.45) is 0 Å². The molecule has 1 atom stereocenters. The highest BCUT2D eigenvalue weighted by Gasteiger charge is 2.24. The largest absolute Gasteiger partial charge is 0.337 e. The van der Waals surface area contributed by atoms with E-state index in [0.717, 1.165) is 13.1 Å². The molecule has 0 spiro atoms. The van der Waals surface area contributed by atoms with E-state index < -0.39 is 5.82 Å². The number of rotatable bonds is 2. The van der Waals surface area contributed by atoms with Crippen LogP contribution in [0.15, 0.2) is 18.2 Å². The van der Waals surface area contributed by atoms with Crippen LogP contribution in [0.25, 0.3) is 0 Å². The maximum absolute atomic E-state index is 13.6. The van der Waals surface area contributed by atoms with E-state index in [2.05, 4.69) is 5.32 Å². The van der Waals surface area contributed by atoms with Gasteiger partial charge in [-0.05, 0) is 19.1 Å². The molecule has 98 valence electrons. The zero-order chi connectivity index (χ0) is 13.1. The van der Waals surface area contributed by atoms with Crippen molar-refractivity contribution < 1.29 is 9.18 Å². The first-order valence-electron chi connectivity index (χ1n) is 6.02. The Morgan fingerprint density at radius 1 is 1.61 bits per heavy atom. The van der Waals surface area contributed by atoms with Crippen LogP contribution < -0.4 is 5.32 Å². The minimum absolute atomic E-state index is 0.0237. The number of nitrogens with one attached hydrogen (secondary N) is 1. The van der Waals surface area contributed by atoms with E-state index in [9.17, 15) is 9.18 Å². The van der Waals surface area contributed by atoms with E-state index in [1.54, 1.807) is 17.0 Å². The molecular formula is C13H16ClFN2O. The molecule has 1 amide bonds. The van der Waals surface area contributed by atoms with Crippen molar-refractivity contribution in [3.8, 4) is 0 Å². The van der Waals surface area contributed by atoms with Gasteiger partial charge in [0, 0.05) is 36.3 Å². The molecule has 5 heteroatoms. The molecule has 2 rings (SSSR count). The van der Waals surface area contributed by atoms with Gasteiger partial charge in [-0.25, -0.2) is 4.39 Å². The third-order valence-corrected chi connectivity index (χ3v) is 3.57. The van der Waals surface area contributed by atoms with Crippen LogP contribution in [0.3, 0.4) is 0 Å². The van der Waals surface area contributed by atoms with Crippen LogP contribution >= 0.6 is 11.6 Å². The summed E-state index contributed by atoms with van der Waals surface area (Å²) in [5, 5.41) is 3.52. The SMILES string of the molecule is C[C@H]1CNCCN1C(=O)Cc1c(F)cccc1Cl. The minimum Gasteiger partial charge on any atom is -0.337 e. The third-order valence-electron chi connectivity index (χ3n) is 3.21. The maximum atomic E-state index is 13.6. The summed E-state index contributed by atoms with van der Waals surface area (Å²) in [6.07, 6.45) is 0.0237. The van der Waals surface area contributed by atoms with E-state index >= 15 is 0 Å². The molecule has 0 saturated carbocycles. The molecule has 0 aromatic heterocycles. The number of amides is 1. The Bertz CT molecular complexity index is 432. The van der Waals surface area contributed by atoms with E-state index in [1.807, 2.05) is 6.92 Å². The van der Waals surface area contributed by atoms with Crippen LogP contribution in [0.5, 0.6) is 0 Å². The van der Waals surface area contributed by atoms with Gasteiger partial charge in [-0.3, -0.25) is 4.79 Å². The van der Waals surface area contributed by atoms with Crippen LogP contribution in [-0.4, -0.2) is 36.5 Å². The molecule has 0 radical (unpaired) electrons. The summed E-state index contributed by atoms with van der Waals surface area (Å²) >= 11 is 5.93. The van der Waals surface area contributed by atoms with Crippen LogP contribution in [0, 0.1) is 5.82 Å². The number of hydrogen-bond acceptors (Lipinski definition) is 2. The van der Waals surface area contributed by atoms with Gasteiger partial charge in [0.15, 0.2) is 0 Å². The predicted octanol–water partition coefficient (Wildman–Crippen LogP) is 1.84. The molecule has 1 saturated heterocycles. The van der Waals surface area contributed by atoms with Crippen molar-refractivity contribution in [2.45, 2.75) is 19.4 Å². The first kappa shape index (κ1) is 13.3. The van der Waals surface area contributed by atoms with Crippen molar-refractivity contribution >= 4 is 17.5 Å². The molecule has 18 heavy (non-hydrogen) atoms. The zero-order valence-electron chi connectivity index (χ0n) is 10.2. The average Bonchev–Trinajstić information content (AvgIpc) is 2.34. The van der Waals surface area contributed by atoms with Crippen molar-refractivity contribution in [1.29, 1.82) is 0 Å². The minimum atomic E-state index is -0.418. The van der Waals surface area contributed by atoms with E-state index in [4.69, 9.17) is 11.6 Å². The molecule has 1 fully saturated rings. The second-order valence-corrected chi connectivity index (χ2v) is 4.92. The normalized spacial score (nSPS) is 19.9. The Kier molecular flexibility index (Phi) is 4.19. The zero-order valence-corrected chi connectivity index (χ0v) is 11.0. The Morgan fingerprint density at radius 2 is 2.39 bits per heavy atom. The standard InChI is InChI=1S/C13H16ClFN2O/c1-9-8-16-5-6-17(9)13(18)7-10-11(14)3-2-4-12(10)15/h2-4,9,16H,5-8H2,1H3/t9-/m0/s1.